The van der Waals surface area contributed by atoms with Crippen LogP contribution in [0.2, 0.25) is 0 Å². The van der Waals surface area contributed by atoms with Gasteiger partial charge in [0.05, 0.1) is 25.1 Å². The number of methoxy groups -OCH3 is 1. The fourth-order valence-electron chi connectivity index (χ4n) is 4.03. The minimum Gasteiger partial charge on any atom is -0.479 e. The lowest BCUT2D eigenvalue weighted by atomic mass is 9.98. The number of aromatic nitrogens is 4. The number of carbonyl (C=O) groups is 1. The standard InChI is InChI=1S/C20H27N5O13/c1-34-13-10(28)12(30)19(38-14(13)17(32)33)36-4-6-8(26)9(27)11(29)18(37-6)35-3-5-2-22-15-7(23-5)16(31)25-20(21)24-15/h2,6,8-14,18-19,26-30H,3-4H2,1H3,(H,32,33)(H3,21,22,24,25,31)/t6-,8+,9+,10-,11-,12-,13+,14+,18-,19+/m1/s1. The molecule has 18 heteroatoms. The topological polar surface area (TPSA) is 282 Å². The molecule has 0 unspecified atom stereocenters. The summed E-state index contributed by atoms with van der Waals surface area (Å²) in [5.74, 6) is -1.62. The first-order chi connectivity index (χ1) is 18.0. The quantitative estimate of drug-likeness (QED) is 0.154. The molecule has 0 bridgehead atoms. The number of nitrogen functional groups attached to an aromatic ring is 1. The number of carboxylic acid groups (broad SMARTS) is 1. The van der Waals surface area contributed by atoms with Crippen LogP contribution in [0.3, 0.4) is 0 Å². The van der Waals surface area contributed by atoms with Crippen molar-refractivity contribution in [1.29, 1.82) is 0 Å². The summed E-state index contributed by atoms with van der Waals surface area (Å²) >= 11 is 0. The molecule has 18 nitrogen and oxygen atoms in total. The van der Waals surface area contributed by atoms with Crippen LogP contribution in [0.5, 0.6) is 0 Å². The van der Waals surface area contributed by atoms with E-state index in [4.69, 9.17) is 29.4 Å². The third-order valence-corrected chi connectivity index (χ3v) is 6.03. The van der Waals surface area contributed by atoms with E-state index in [-0.39, 0.29) is 29.4 Å². The number of aromatic amines is 1. The Kier molecular flexibility index (Phi) is 8.47. The molecule has 0 amide bonds. The molecule has 2 aliphatic heterocycles. The lowest BCUT2D eigenvalue weighted by molar-refractivity contribution is -0.330. The first-order valence-electron chi connectivity index (χ1n) is 11.2. The van der Waals surface area contributed by atoms with E-state index in [0.29, 0.717) is 0 Å². The van der Waals surface area contributed by atoms with Crippen LogP contribution in [0, 0.1) is 0 Å². The summed E-state index contributed by atoms with van der Waals surface area (Å²) in [5, 5.41) is 60.7. The van der Waals surface area contributed by atoms with Gasteiger partial charge in [-0.1, -0.05) is 0 Å². The number of rotatable bonds is 8. The number of nitrogens with two attached hydrogens (primary N) is 1. The van der Waals surface area contributed by atoms with Crippen molar-refractivity contribution in [3.8, 4) is 0 Å². The Bertz CT molecular complexity index is 1200. The smallest absolute Gasteiger partial charge is 0.335 e. The van der Waals surface area contributed by atoms with Gasteiger partial charge in [-0.05, 0) is 0 Å². The van der Waals surface area contributed by atoms with Gasteiger partial charge >= 0.3 is 5.97 Å². The number of carboxylic acids is 1. The average Bonchev–Trinajstić information content (AvgIpc) is 2.88. The molecule has 0 saturated carbocycles. The van der Waals surface area contributed by atoms with Crippen LogP contribution in [0.1, 0.15) is 5.69 Å². The highest BCUT2D eigenvalue weighted by Gasteiger charge is 2.50. The Morgan fingerprint density at radius 2 is 1.71 bits per heavy atom. The van der Waals surface area contributed by atoms with Crippen molar-refractivity contribution in [3.05, 3.63) is 22.2 Å². The molecule has 0 radical (unpaired) electrons. The van der Waals surface area contributed by atoms with Crippen molar-refractivity contribution in [2.24, 2.45) is 0 Å². The van der Waals surface area contributed by atoms with Gasteiger partial charge in [0, 0.05) is 7.11 Å². The number of fused-ring (bicyclic) bond motifs is 1. The third-order valence-electron chi connectivity index (χ3n) is 6.03. The number of ether oxygens (including phenoxy) is 5. The second-order valence-electron chi connectivity index (χ2n) is 8.59. The largest absolute Gasteiger partial charge is 0.479 e. The number of aliphatic carboxylic acids is 1. The van der Waals surface area contributed by atoms with Gasteiger partial charge in [-0.2, -0.15) is 4.98 Å². The number of aliphatic hydroxyl groups excluding tert-OH is 5. The van der Waals surface area contributed by atoms with Gasteiger partial charge in [0.15, 0.2) is 29.8 Å². The number of aliphatic hydroxyl groups is 5. The van der Waals surface area contributed by atoms with Crippen LogP contribution < -0.4 is 11.3 Å². The maximum Gasteiger partial charge on any atom is 0.335 e. The SMILES string of the molecule is CO[C@H]1[C@H](O)[C@@H](O)[C@@H](OC[C@H]2O[C@@H](OCc3cnc4nc(N)[nH]c(=O)c4n3)[C@H](O)[C@@H](O)[C@H]2O)O[C@@H]1C(=O)O. The van der Waals surface area contributed by atoms with Gasteiger partial charge in [0.2, 0.25) is 5.95 Å². The van der Waals surface area contributed by atoms with E-state index in [1.165, 1.54) is 6.20 Å². The Hall–Kier alpha value is -2.91. The molecule has 2 saturated heterocycles. The summed E-state index contributed by atoms with van der Waals surface area (Å²) in [4.78, 5) is 37.7. The zero-order chi connectivity index (χ0) is 27.7. The van der Waals surface area contributed by atoms with Gasteiger partial charge in [-0.15, -0.1) is 0 Å². The second-order valence-corrected chi connectivity index (χ2v) is 8.59. The number of H-pyrrole nitrogens is 1. The fraction of sp³-hybridized carbons (Fsp3) is 0.650. The van der Waals surface area contributed by atoms with E-state index < -0.39 is 79.5 Å². The molecule has 0 aliphatic carbocycles. The lowest BCUT2D eigenvalue weighted by Gasteiger charge is -2.42. The van der Waals surface area contributed by atoms with Gasteiger partial charge in [0.1, 0.15) is 42.7 Å². The Balaban J connectivity index is 1.41. The zero-order valence-corrected chi connectivity index (χ0v) is 19.7. The molecule has 210 valence electrons. The predicted molar refractivity (Wildman–Crippen MR) is 119 cm³/mol. The lowest BCUT2D eigenvalue weighted by Crippen LogP contribution is -2.62. The molecule has 2 aliphatic rings. The van der Waals surface area contributed by atoms with Crippen LogP contribution in [0.15, 0.2) is 11.0 Å². The molecule has 38 heavy (non-hydrogen) atoms. The molecule has 4 rings (SSSR count). The van der Waals surface area contributed by atoms with Crippen molar-refractivity contribution in [1.82, 2.24) is 19.9 Å². The molecule has 2 fully saturated rings. The van der Waals surface area contributed by atoms with E-state index in [9.17, 15) is 40.2 Å². The van der Waals surface area contributed by atoms with Gasteiger partial charge in [-0.25, -0.2) is 14.8 Å². The highest BCUT2D eigenvalue weighted by Crippen LogP contribution is 2.27. The number of nitrogens with one attached hydrogen (secondary N) is 1. The summed E-state index contributed by atoms with van der Waals surface area (Å²) in [6, 6.07) is 0. The van der Waals surface area contributed by atoms with E-state index in [1.807, 2.05) is 0 Å². The van der Waals surface area contributed by atoms with E-state index >= 15 is 0 Å². The summed E-state index contributed by atoms with van der Waals surface area (Å²) in [7, 11) is 1.13. The molecular formula is C20H27N5O13. The Morgan fingerprint density at radius 1 is 1.03 bits per heavy atom. The monoisotopic (exact) mass is 545 g/mol. The van der Waals surface area contributed by atoms with E-state index in [1.54, 1.807) is 0 Å². The number of hydrogen-bond donors (Lipinski definition) is 8. The van der Waals surface area contributed by atoms with Gasteiger partial charge < -0.3 is 60.1 Å². The molecule has 4 heterocycles. The maximum absolute atomic E-state index is 12.0. The Labute approximate surface area is 212 Å². The molecule has 0 spiro atoms. The van der Waals surface area contributed by atoms with Crippen molar-refractivity contribution in [3.63, 3.8) is 0 Å². The predicted octanol–water partition coefficient (Wildman–Crippen LogP) is -4.82. The summed E-state index contributed by atoms with van der Waals surface area (Å²) in [5.41, 5.74) is 4.86. The normalized spacial score (nSPS) is 35.8. The molecular weight excluding hydrogens is 518 g/mol. The van der Waals surface area contributed by atoms with E-state index in [2.05, 4.69) is 19.9 Å². The van der Waals surface area contributed by atoms with Crippen LogP contribution in [0.4, 0.5) is 5.95 Å². The summed E-state index contributed by atoms with van der Waals surface area (Å²) in [6.07, 6.45) is -14.9. The summed E-state index contributed by atoms with van der Waals surface area (Å²) < 4.78 is 26.4. The average molecular weight is 545 g/mol. The zero-order valence-electron chi connectivity index (χ0n) is 19.7. The van der Waals surface area contributed by atoms with Crippen molar-refractivity contribution >= 4 is 23.1 Å². The van der Waals surface area contributed by atoms with Gasteiger partial charge in [-0.3, -0.25) is 9.78 Å². The van der Waals surface area contributed by atoms with Crippen molar-refractivity contribution in [2.75, 3.05) is 19.5 Å². The number of hydrogen-bond acceptors (Lipinski definition) is 16. The van der Waals surface area contributed by atoms with Crippen LogP contribution in [-0.4, -0.2) is 132 Å². The third kappa shape index (κ3) is 5.59. The first kappa shape index (κ1) is 28.1. The summed E-state index contributed by atoms with van der Waals surface area (Å²) in [6.45, 7) is -0.929. The first-order valence-corrected chi connectivity index (χ1v) is 11.2. The van der Waals surface area contributed by atoms with Crippen molar-refractivity contribution in [2.45, 2.75) is 68.0 Å². The van der Waals surface area contributed by atoms with Gasteiger partial charge in [0.25, 0.3) is 5.56 Å². The highest BCUT2D eigenvalue weighted by atomic mass is 16.7. The minimum absolute atomic E-state index is 0.00102. The maximum atomic E-state index is 12.0. The second kappa shape index (κ2) is 11.5. The van der Waals surface area contributed by atoms with E-state index in [0.717, 1.165) is 7.11 Å². The molecule has 2 aromatic heterocycles. The van der Waals surface area contributed by atoms with Crippen LogP contribution in [0.25, 0.3) is 11.2 Å². The number of anilines is 1. The molecule has 2 aromatic rings. The Morgan fingerprint density at radius 3 is 2.39 bits per heavy atom. The minimum atomic E-state index is -1.76. The molecule has 9 N–H and O–H groups in total. The van der Waals surface area contributed by atoms with Crippen LogP contribution >= 0.6 is 0 Å². The molecule has 10 atom stereocenters. The highest BCUT2D eigenvalue weighted by molar-refractivity contribution is 5.73. The fourth-order valence-corrected chi connectivity index (χ4v) is 4.03. The molecule has 0 aromatic carbocycles. The number of nitrogens with zero attached hydrogens (tertiary/aromatic N) is 3. The van der Waals surface area contributed by atoms with Crippen molar-refractivity contribution < 1.29 is 59.1 Å². The van der Waals surface area contributed by atoms with Crippen LogP contribution in [-0.2, 0) is 35.1 Å².